The van der Waals surface area contributed by atoms with Crippen LogP contribution in [-0.4, -0.2) is 3.21 Å². The SMILES string of the molecule is CCc1ccc2c(c1)[CH]([Zr+2](=[C](c1ccccc1)c1ccccc1)[CH]1C(C)=Cc3ccccc31)c1cc(CC)ccc1-2.[Cl-].[Cl-]. The van der Waals surface area contributed by atoms with E-state index in [-0.39, 0.29) is 24.8 Å². The van der Waals surface area contributed by atoms with E-state index in [1.165, 1.54) is 44.5 Å². The van der Waals surface area contributed by atoms with Gasteiger partial charge in [0.25, 0.3) is 0 Å². The molecule has 2 aliphatic rings. The summed E-state index contributed by atoms with van der Waals surface area (Å²) in [5.41, 5.74) is 16.2. The molecule has 0 aromatic heterocycles. The number of fused-ring (bicyclic) bond motifs is 4. The Morgan fingerprint density at radius 2 is 1.05 bits per heavy atom. The number of aryl methyl sites for hydroxylation is 2. The summed E-state index contributed by atoms with van der Waals surface area (Å²) in [5.74, 6) is 0. The smallest absolute Gasteiger partial charge is 1.00 e. The van der Waals surface area contributed by atoms with Crippen LogP contribution in [0.5, 0.6) is 0 Å². The largest absolute Gasteiger partial charge is 1.00 e. The zero-order valence-corrected chi connectivity index (χ0v) is 28.9. The third kappa shape index (κ3) is 5.62. The van der Waals surface area contributed by atoms with Crippen LogP contribution in [0.4, 0.5) is 0 Å². The number of rotatable bonds is 6. The molecular formula is C40H36Cl2Zr. The molecule has 0 heterocycles. The predicted molar refractivity (Wildman–Crippen MR) is 171 cm³/mol. The fraction of sp³-hybridized carbons (Fsp3) is 0.175. The number of hydrogen-bond donors (Lipinski definition) is 0. The first-order valence-electron chi connectivity index (χ1n) is 15.1. The van der Waals surface area contributed by atoms with E-state index in [1.807, 2.05) is 0 Å². The second-order valence-electron chi connectivity index (χ2n) is 11.5. The predicted octanol–water partition coefficient (Wildman–Crippen LogP) is 3.93. The molecular weight excluding hydrogens is 643 g/mol. The molecule has 0 spiro atoms. The monoisotopic (exact) mass is 676 g/mol. The maximum absolute atomic E-state index is 2.77. The molecule has 0 aliphatic heterocycles. The summed E-state index contributed by atoms with van der Waals surface area (Å²) >= 11 is -2.77. The Labute approximate surface area is 276 Å². The second-order valence-corrected chi connectivity index (χ2v) is 17.8. The molecule has 1 unspecified atom stereocenters. The molecule has 3 heteroatoms. The van der Waals surface area contributed by atoms with Gasteiger partial charge < -0.3 is 24.8 Å². The van der Waals surface area contributed by atoms with E-state index in [0.29, 0.717) is 7.25 Å². The van der Waals surface area contributed by atoms with Crippen molar-refractivity contribution >= 4 is 9.28 Å². The van der Waals surface area contributed by atoms with Gasteiger partial charge in [-0.15, -0.1) is 0 Å². The van der Waals surface area contributed by atoms with Gasteiger partial charge in [-0.1, -0.05) is 0 Å². The molecule has 0 saturated carbocycles. The van der Waals surface area contributed by atoms with Gasteiger partial charge in [0.2, 0.25) is 0 Å². The van der Waals surface area contributed by atoms with Gasteiger partial charge in [-0.3, -0.25) is 0 Å². The normalized spacial score (nSPS) is 14.3. The molecule has 5 aromatic rings. The Morgan fingerprint density at radius 3 is 1.56 bits per heavy atom. The van der Waals surface area contributed by atoms with Crippen molar-refractivity contribution in [2.75, 3.05) is 0 Å². The van der Waals surface area contributed by atoms with Crippen molar-refractivity contribution in [2.24, 2.45) is 0 Å². The molecule has 0 fully saturated rings. The van der Waals surface area contributed by atoms with E-state index in [4.69, 9.17) is 0 Å². The summed E-state index contributed by atoms with van der Waals surface area (Å²) in [7, 11) is 0. The first kappa shape index (κ1) is 31.6. The van der Waals surface area contributed by atoms with Crippen molar-refractivity contribution in [3.63, 3.8) is 0 Å². The zero-order valence-electron chi connectivity index (χ0n) is 24.9. The van der Waals surface area contributed by atoms with E-state index in [2.05, 4.69) is 148 Å². The van der Waals surface area contributed by atoms with Crippen molar-refractivity contribution in [3.05, 3.63) is 171 Å². The number of allylic oxidation sites excluding steroid dienone is 1. The fourth-order valence-electron chi connectivity index (χ4n) is 7.19. The summed E-state index contributed by atoms with van der Waals surface area (Å²) in [6.45, 7) is 6.99. The van der Waals surface area contributed by atoms with E-state index in [0.717, 1.165) is 12.8 Å². The van der Waals surface area contributed by atoms with Crippen molar-refractivity contribution in [1.82, 2.24) is 0 Å². The van der Waals surface area contributed by atoms with Crippen LogP contribution in [0.1, 0.15) is 72.5 Å². The van der Waals surface area contributed by atoms with Crippen LogP contribution in [-0.2, 0) is 34.1 Å². The van der Waals surface area contributed by atoms with E-state index < -0.39 is 21.3 Å². The first-order valence-corrected chi connectivity index (χ1v) is 19.1. The average molecular weight is 679 g/mol. The molecule has 0 saturated heterocycles. The van der Waals surface area contributed by atoms with Crippen LogP contribution in [0.3, 0.4) is 0 Å². The quantitative estimate of drug-likeness (QED) is 0.256. The third-order valence-corrected chi connectivity index (χ3v) is 18.5. The fourth-order valence-corrected chi connectivity index (χ4v) is 17.6. The number of halogens is 2. The van der Waals surface area contributed by atoms with Gasteiger partial charge in [0.1, 0.15) is 0 Å². The molecule has 0 nitrogen and oxygen atoms in total. The van der Waals surface area contributed by atoms with Crippen LogP contribution >= 0.6 is 0 Å². The average Bonchev–Trinajstić information content (AvgIpc) is 3.53. The Hall–Kier alpha value is -2.83. The summed E-state index contributed by atoms with van der Waals surface area (Å²) in [5, 5.41) is 0. The van der Waals surface area contributed by atoms with Gasteiger partial charge in [-0.2, -0.15) is 0 Å². The van der Waals surface area contributed by atoms with E-state index in [9.17, 15) is 0 Å². The minimum Gasteiger partial charge on any atom is -1.00 e. The molecule has 5 aromatic carbocycles. The molecule has 0 bridgehead atoms. The minimum absolute atomic E-state index is 0. The summed E-state index contributed by atoms with van der Waals surface area (Å²) < 4.78 is 2.55. The van der Waals surface area contributed by atoms with Gasteiger partial charge in [0, 0.05) is 0 Å². The summed E-state index contributed by atoms with van der Waals surface area (Å²) in [6, 6.07) is 46.6. The Kier molecular flexibility index (Phi) is 9.87. The molecule has 1 atom stereocenters. The van der Waals surface area contributed by atoms with Crippen molar-refractivity contribution in [2.45, 2.75) is 40.9 Å². The molecule has 0 N–H and O–H groups in total. The second kappa shape index (κ2) is 13.4. The van der Waals surface area contributed by atoms with E-state index >= 15 is 0 Å². The van der Waals surface area contributed by atoms with Crippen molar-refractivity contribution in [3.8, 4) is 11.1 Å². The van der Waals surface area contributed by atoms with Crippen LogP contribution in [0.2, 0.25) is 0 Å². The Morgan fingerprint density at radius 1 is 0.558 bits per heavy atom. The molecule has 7 rings (SSSR count). The number of hydrogen-bond acceptors (Lipinski definition) is 0. The molecule has 0 amide bonds. The van der Waals surface area contributed by atoms with E-state index in [1.54, 1.807) is 19.9 Å². The molecule has 214 valence electrons. The van der Waals surface area contributed by atoms with Crippen LogP contribution in [0.25, 0.3) is 17.2 Å². The van der Waals surface area contributed by atoms with Gasteiger partial charge in [-0.25, -0.2) is 0 Å². The van der Waals surface area contributed by atoms with Gasteiger partial charge >= 0.3 is 254 Å². The molecule has 43 heavy (non-hydrogen) atoms. The zero-order chi connectivity index (χ0) is 27.9. The maximum Gasteiger partial charge on any atom is -1.00 e. The van der Waals surface area contributed by atoms with Crippen LogP contribution < -0.4 is 24.8 Å². The molecule has 0 radical (unpaired) electrons. The standard InChI is InChI=1S/C17H17.C13H10.C10H9.2ClH.Zr/c1-3-12-5-7-16-14(9-12)11-15-10-13(4-2)6-8-17(15)16;1-3-7-12(8-4-1)11-13-9-5-2-6-10-13;1-8-6-9-4-2-3-5-10(9)7-8;;;/h5-11H,3-4H2,1-2H3;1-10H;2-7H,1H3;2*1H;/q;;;;;+2/p-2. The topological polar surface area (TPSA) is 0 Å². The molecule has 2 aliphatic carbocycles. The van der Waals surface area contributed by atoms with Crippen LogP contribution in [0, 0.1) is 0 Å². The van der Waals surface area contributed by atoms with Gasteiger partial charge in [-0.05, 0) is 0 Å². The Balaban J connectivity index is 0.00000184. The van der Waals surface area contributed by atoms with Crippen LogP contribution in [0.15, 0.2) is 127 Å². The summed E-state index contributed by atoms with van der Waals surface area (Å²) in [6.07, 6.45) is 4.61. The third-order valence-electron chi connectivity index (χ3n) is 9.14. The van der Waals surface area contributed by atoms with Gasteiger partial charge in [0.15, 0.2) is 0 Å². The minimum atomic E-state index is -2.77. The first-order chi connectivity index (χ1) is 20.2. The van der Waals surface area contributed by atoms with Crippen molar-refractivity contribution in [1.29, 1.82) is 0 Å². The Bertz CT molecular complexity index is 1720. The maximum atomic E-state index is 2.57. The summed E-state index contributed by atoms with van der Waals surface area (Å²) in [4.78, 5) is 0. The number of benzene rings is 5. The van der Waals surface area contributed by atoms with Crippen molar-refractivity contribution < 1.29 is 46.1 Å². The van der Waals surface area contributed by atoms with Gasteiger partial charge in [0.05, 0.1) is 0 Å².